The third-order valence-electron chi connectivity index (χ3n) is 4.22. The number of carbonyl (C=O) groups excluding carboxylic acids is 3. The molecule has 8 nitrogen and oxygen atoms in total. The summed E-state index contributed by atoms with van der Waals surface area (Å²) in [5.41, 5.74) is 7.24. The van der Waals surface area contributed by atoms with Gasteiger partial charge in [-0.1, -0.05) is 18.2 Å². The third kappa shape index (κ3) is 6.84. The first-order chi connectivity index (χ1) is 13.9. The molecule has 0 aromatic heterocycles. The van der Waals surface area contributed by atoms with Crippen LogP contribution in [0.1, 0.15) is 27.9 Å². The Balaban J connectivity index is 1.80. The van der Waals surface area contributed by atoms with Gasteiger partial charge in [-0.2, -0.15) is 0 Å². The van der Waals surface area contributed by atoms with Crippen LogP contribution in [0.3, 0.4) is 0 Å². The van der Waals surface area contributed by atoms with Gasteiger partial charge in [-0.15, -0.1) is 0 Å². The molecule has 0 aliphatic rings. The van der Waals surface area contributed by atoms with E-state index in [9.17, 15) is 14.4 Å². The van der Waals surface area contributed by atoms with Crippen molar-refractivity contribution in [1.82, 2.24) is 10.6 Å². The monoisotopic (exact) mass is 399 g/mol. The molecular weight excluding hydrogens is 374 g/mol. The normalized spacial score (nSPS) is 10.1. The molecule has 0 fully saturated rings. The summed E-state index contributed by atoms with van der Waals surface area (Å²) < 4.78 is 10.5. The molecule has 2 rings (SSSR count). The van der Waals surface area contributed by atoms with Crippen LogP contribution in [0.4, 0.5) is 0 Å². The maximum absolute atomic E-state index is 12.1. The van der Waals surface area contributed by atoms with Crippen molar-refractivity contribution >= 4 is 17.7 Å². The lowest BCUT2D eigenvalue weighted by atomic mass is 10.1. The van der Waals surface area contributed by atoms with Crippen LogP contribution in [0.15, 0.2) is 42.5 Å². The summed E-state index contributed by atoms with van der Waals surface area (Å²) in [6.45, 7) is 0.144. The highest BCUT2D eigenvalue weighted by molar-refractivity contribution is 5.96. The van der Waals surface area contributed by atoms with Crippen molar-refractivity contribution in [2.24, 2.45) is 5.73 Å². The summed E-state index contributed by atoms with van der Waals surface area (Å²) in [6, 6.07) is 12.3. The third-order valence-corrected chi connectivity index (χ3v) is 4.22. The van der Waals surface area contributed by atoms with Crippen LogP contribution in [-0.2, 0) is 22.6 Å². The zero-order chi connectivity index (χ0) is 21.2. The first-order valence-electron chi connectivity index (χ1n) is 9.06. The molecule has 3 amide bonds. The van der Waals surface area contributed by atoms with E-state index in [2.05, 4.69) is 10.6 Å². The van der Waals surface area contributed by atoms with Crippen LogP contribution in [0.25, 0.3) is 0 Å². The van der Waals surface area contributed by atoms with Gasteiger partial charge in [-0.3, -0.25) is 14.4 Å². The van der Waals surface area contributed by atoms with Crippen molar-refractivity contribution in [3.05, 3.63) is 59.2 Å². The van der Waals surface area contributed by atoms with Crippen molar-refractivity contribution in [3.63, 3.8) is 0 Å². The second-order valence-corrected chi connectivity index (χ2v) is 6.31. The summed E-state index contributed by atoms with van der Waals surface area (Å²) in [5, 5.41) is 5.27. The van der Waals surface area contributed by atoms with E-state index in [-0.39, 0.29) is 18.4 Å². The fourth-order valence-corrected chi connectivity index (χ4v) is 2.63. The van der Waals surface area contributed by atoms with Crippen molar-refractivity contribution in [2.75, 3.05) is 20.8 Å². The molecule has 2 aromatic carbocycles. The minimum absolute atomic E-state index is 0.0805. The molecule has 0 radical (unpaired) electrons. The topological polar surface area (TPSA) is 120 Å². The van der Waals surface area contributed by atoms with Crippen LogP contribution in [0.5, 0.6) is 11.5 Å². The van der Waals surface area contributed by atoms with E-state index < -0.39 is 5.91 Å². The number of amides is 3. The Labute approximate surface area is 169 Å². The Morgan fingerprint density at radius 1 is 0.897 bits per heavy atom. The minimum atomic E-state index is -0.606. The number of rotatable bonds is 10. The smallest absolute Gasteiger partial charge is 0.251 e. The number of nitrogens with two attached hydrogens (primary N) is 1. The minimum Gasteiger partial charge on any atom is -0.493 e. The van der Waals surface area contributed by atoms with E-state index in [0.29, 0.717) is 36.4 Å². The van der Waals surface area contributed by atoms with E-state index >= 15 is 0 Å². The van der Waals surface area contributed by atoms with Crippen molar-refractivity contribution < 1.29 is 23.9 Å². The fourth-order valence-electron chi connectivity index (χ4n) is 2.63. The van der Waals surface area contributed by atoms with E-state index in [0.717, 1.165) is 11.1 Å². The molecule has 0 heterocycles. The first kappa shape index (κ1) is 21.7. The van der Waals surface area contributed by atoms with Gasteiger partial charge < -0.3 is 25.8 Å². The molecule has 29 heavy (non-hydrogen) atoms. The van der Waals surface area contributed by atoms with Crippen LogP contribution in [0.2, 0.25) is 0 Å². The van der Waals surface area contributed by atoms with Crippen LogP contribution in [0, 0.1) is 0 Å². The fraction of sp³-hybridized carbons (Fsp3) is 0.286. The summed E-state index contributed by atoms with van der Waals surface area (Å²) in [5.74, 6) is 0.209. The SMILES string of the molecule is COc1ccc(CCC(=O)NCc2ccc(C(=O)NCC(N)=O)cc2)cc1OC. The number of ether oxygens (including phenoxy) is 2. The second-order valence-electron chi connectivity index (χ2n) is 6.31. The van der Waals surface area contributed by atoms with Crippen LogP contribution >= 0.6 is 0 Å². The van der Waals surface area contributed by atoms with Gasteiger partial charge in [0.25, 0.3) is 5.91 Å². The average molecular weight is 399 g/mol. The Morgan fingerprint density at radius 3 is 2.17 bits per heavy atom. The number of primary amides is 1. The Bertz CT molecular complexity index is 865. The predicted molar refractivity (Wildman–Crippen MR) is 108 cm³/mol. The van der Waals surface area contributed by atoms with Gasteiger partial charge in [0, 0.05) is 18.5 Å². The number of benzene rings is 2. The molecule has 0 saturated carbocycles. The molecule has 2 aromatic rings. The standard InChI is InChI=1S/C21H25N3O5/c1-28-17-9-5-14(11-18(17)29-2)6-10-20(26)23-12-15-3-7-16(8-4-15)21(27)24-13-19(22)25/h3-5,7-9,11H,6,10,12-13H2,1-2H3,(H2,22,25)(H,23,26)(H,24,27). The van der Waals surface area contributed by atoms with Gasteiger partial charge in [0.15, 0.2) is 11.5 Å². The summed E-state index contributed by atoms with van der Waals surface area (Å²) in [4.78, 5) is 34.6. The highest BCUT2D eigenvalue weighted by Crippen LogP contribution is 2.27. The van der Waals surface area contributed by atoms with Crippen molar-refractivity contribution in [3.8, 4) is 11.5 Å². The zero-order valence-electron chi connectivity index (χ0n) is 16.5. The number of hydrogen-bond donors (Lipinski definition) is 3. The molecule has 154 valence electrons. The number of carbonyl (C=O) groups is 3. The van der Waals surface area contributed by atoms with Gasteiger partial charge in [0.1, 0.15) is 0 Å². The lowest BCUT2D eigenvalue weighted by molar-refractivity contribution is -0.121. The number of aryl methyl sites for hydroxylation is 1. The Hall–Kier alpha value is -3.55. The molecule has 4 N–H and O–H groups in total. The molecular formula is C21H25N3O5. The Morgan fingerprint density at radius 2 is 1.55 bits per heavy atom. The van der Waals surface area contributed by atoms with E-state index in [1.165, 1.54) is 0 Å². The quantitative estimate of drug-likeness (QED) is 0.554. The summed E-state index contributed by atoms with van der Waals surface area (Å²) in [6.07, 6.45) is 0.911. The first-order valence-corrected chi connectivity index (χ1v) is 9.06. The highest BCUT2D eigenvalue weighted by atomic mass is 16.5. The van der Waals surface area contributed by atoms with Crippen LogP contribution in [-0.4, -0.2) is 38.5 Å². The number of methoxy groups -OCH3 is 2. The van der Waals surface area contributed by atoms with Crippen LogP contribution < -0.4 is 25.8 Å². The number of nitrogens with one attached hydrogen (secondary N) is 2. The van der Waals surface area contributed by atoms with Crippen molar-refractivity contribution in [2.45, 2.75) is 19.4 Å². The predicted octanol–water partition coefficient (Wildman–Crippen LogP) is 1.17. The zero-order valence-corrected chi connectivity index (χ0v) is 16.5. The molecule has 0 bridgehead atoms. The average Bonchev–Trinajstić information content (AvgIpc) is 2.74. The summed E-state index contributed by atoms with van der Waals surface area (Å²) >= 11 is 0. The van der Waals surface area contributed by atoms with Crippen molar-refractivity contribution in [1.29, 1.82) is 0 Å². The lowest BCUT2D eigenvalue weighted by Crippen LogP contribution is -2.33. The molecule has 0 aliphatic carbocycles. The van der Waals surface area contributed by atoms with E-state index in [1.807, 2.05) is 18.2 Å². The molecule has 0 spiro atoms. The van der Waals surface area contributed by atoms with Gasteiger partial charge >= 0.3 is 0 Å². The van der Waals surface area contributed by atoms with Gasteiger partial charge in [-0.25, -0.2) is 0 Å². The molecule has 0 saturated heterocycles. The van der Waals surface area contributed by atoms with E-state index in [4.69, 9.17) is 15.2 Å². The largest absolute Gasteiger partial charge is 0.493 e. The second kappa shape index (κ2) is 10.7. The van der Waals surface area contributed by atoms with Gasteiger partial charge in [0.05, 0.1) is 20.8 Å². The Kier molecular flexibility index (Phi) is 8.02. The van der Waals surface area contributed by atoms with E-state index in [1.54, 1.807) is 38.5 Å². The van der Waals surface area contributed by atoms with Gasteiger partial charge in [0.2, 0.25) is 11.8 Å². The lowest BCUT2D eigenvalue weighted by Gasteiger charge is -2.10. The highest BCUT2D eigenvalue weighted by Gasteiger charge is 2.08. The number of hydrogen-bond acceptors (Lipinski definition) is 5. The maximum Gasteiger partial charge on any atom is 0.251 e. The molecule has 0 aliphatic heterocycles. The molecule has 0 unspecified atom stereocenters. The molecule has 8 heteroatoms. The summed E-state index contributed by atoms with van der Waals surface area (Å²) in [7, 11) is 3.14. The maximum atomic E-state index is 12.1. The molecule has 0 atom stereocenters. The van der Waals surface area contributed by atoms with Gasteiger partial charge in [-0.05, 0) is 41.8 Å².